The molecule has 0 radical (unpaired) electrons. The van der Waals surface area contributed by atoms with Gasteiger partial charge in [-0.05, 0) is 17.0 Å². The first-order chi connectivity index (χ1) is 17.1. The molecule has 5 aromatic rings. The highest BCUT2D eigenvalue weighted by atomic mass is 19.2. The van der Waals surface area contributed by atoms with Gasteiger partial charge < -0.3 is 0 Å². The summed E-state index contributed by atoms with van der Waals surface area (Å²) >= 11 is 0. The number of halogens is 10. The van der Waals surface area contributed by atoms with Crippen molar-refractivity contribution in [2.24, 2.45) is 0 Å². The van der Waals surface area contributed by atoms with Gasteiger partial charge in [-0.1, -0.05) is 42.5 Å². The van der Waals surface area contributed by atoms with E-state index in [1.807, 2.05) is 0 Å². The number of fused-ring (bicyclic) bond motifs is 2. The van der Waals surface area contributed by atoms with E-state index in [9.17, 15) is 30.7 Å². The first-order valence-electron chi connectivity index (χ1n) is 10.0. The average Bonchev–Trinajstić information content (AvgIpc) is 2.88. The molecule has 0 fully saturated rings. The fourth-order valence-corrected chi connectivity index (χ4v) is 4.32. The molecule has 5 aromatic carbocycles. The Balaban J connectivity index is 2.21. The van der Waals surface area contributed by atoms with E-state index in [4.69, 9.17) is 0 Å². The van der Waals surface area contributed by atoms with Gasteiger partial charge in [0, 0.05) is 27.3 Å². The standard InChI is InChI=1S/C26H8F10/c27-11-8-4-7-10-13(11)12(9-5-2-1-3-6-9)15-16(19(29)23(33)22(32)18(15)28)14(10)17-20(30)24(34)26(36)25(35)21(17)31/h1-8H. The van der Waals surface area contributed by atoms with E-state index in [-0.39, 0.29) is 5.56 Å². The van der Waals surface area contributed by atoms with E-state index in [1.54, 1.807) is 0 Å². The van der Waals surface area contributed by atoms with Gasteiger partial charge in [-0.3, -0.25) is 0 Å². The molecule has 0 amide bonds. The number of rotatable bonds is 2. The molecule has 0 atom stereocenters. The lowest BCUT2D eigenvalue weighted by Gasteiger charge is -2.20. The van der Waals surface area contributed by atoms with Crippen LogP contribution in [-0.4, -0.2) is 0 Å². The van der Waals surface area contributed by atoms with Crippen LogP contribution >= 0.6 is 0 Å². The van der Waals surface area contributed by atoms with Crippen LogP contribution in [0.5, 0.6) is 0 Å². The maximum absolute atomic E-state index is 15.3. The molecule has 182 valence electrons. The van der Waals surface area contributed by atoms with Gasteiger partial charge >= 0.3 is 0 Å². The summed E-state index contributed by atoms with van der Waals surface area (Å²) in [5.74, 6) is -22.5. The molecule has 0 nitrogen and oxygen atoms in total. The lowest BCUT2D eigenvalue weighted by atomic mass is 9.84. The second-order valence-corrected chi connectivity index (χ2v) is 7.73. The topological polar surface area (TPSA) is 0 Å². The van der Waals surface area contributed by atoms with E-state index < -0.39 is 96.4 Å². The van der Waals surface area contributed by atoms with Gasteiger partial charge in [0.1, 0.15) is 5.82 Å². The van der Waals surface area contributed by atoms with Crippen molar-refractivity contribution in [1.29, 1.82) is 0 Å². The van der Waals surface area contributed by atoms with Gasteiger partial charge in [0.15, 0.2) is 46.5 Å². The third-order valence-electron chi connectivity index (χ3n) is 5.82. The summed E-state index contributed by atoms with van der Waals surface area (Å²) in [4.78, 5) is 0. The Bertz CT molecular complexity index is 1700. The Morgan fingerprint density at radius 1 is 0.333 bits per heavy atom. The fraction of sp³-hybridized carbons (Fsp3) is 0. The molecule has 10 heteroatoms. The lowest BCUT2D eigenvalue weighted by molar-refractivity contribution is 0.381. The quantitative estimate of drug-likeness (QED) is 0.0965. The molecule has 0 heterocycles. The maximum Gasteiger partial charge on any atom is 0.200 e. The minimum Gasteiger partial charge on any atom is -0.206 e. The minimum atomic E-state index is -2.54. The smallest absolute Gasteiger partial charge is 0.200 e. The Hall–Kier alpha value is -4.08. The van der Waals surface area contributed by atoms with Gasteiger partial charge in [0.25, 0.3) is 0 Å². The molecule has 0 aliphatic carbocycles. The summed E-state index contributed by atoms with van der Waals surface area (Å²) in [6.45, 7) is 0. The summed E-state index contributed by atoms with van der Waals surface area (Å²) in [6.07, 6.45) is 0. The molecule has 0 N–H and O–H groups in total. The zero-order chi connectivity index (χ0) is 26.0. The van der Waals surface area contributed by atoms with Crippen LogP contribution in [0.25, 0.3) is 43.8 Å². The normalized spacial score (nSPS) is 11.6. The molecular weight excluding hydrogens is 502 g/mol. The molecule has 5 rings (SSSR count). The van der Waals surface area contributed by atoms with Crippen LogP contribution < -0.4 is 0 Å². The van der Waals surface area contributed by atoms with Crippen LogP contribution in [0.4, 0.5) is 43.9 Å². The Labute approximate surface area is 195 Å². The molecule has 0 unspecified atom stereocenters. The predicted octanol–water partition coefficient (Wildman–Crippen LogP) is 8.72. The Morgan fingerprint density at radius 2 is 0.806 bits per heavy atom. The van der Waals surface area contributed by atoms with Gasteiger partial charge in [-0.15, -0.1) is 0 Å². The average molecular weight is 510 g/mol. The van der Waals surface area contributed by atoms with Gasteiger partial charge in [-0.25, -0.2) is 43.9 Å². The number of hydrogen-bond donors (Lipinski definition) is 0. The molecule has 0 aliphatic heterocycles. The fourth-order valence-electron chi connectivity index (χ4n) is 4.32. The zero-order valence-corrected chi connectivity index (χ0v) is 17.4. The highest BCUT2D eigenvalue weighted by Gasteiger charge is 2.34. The van der Waals surface area contributed by atoms with Gasteiger partial charge in [0.2, 0.25) is 5.82 Å². The van der Waals surface area contributed by atoms with Crippen molar-refractivity contribution in [3.8, 4) is 22.3 Å². The number of benzene rings is 5. The van der Waals surface area contributed by atoms with E-state index in [0.29, 0.717) is 0 Å². The molecule has 0 saturated heterocycles. The highest BCUT2D eigenvalue weighted by molar-refractivity contribution is 6.22. The second kappa shape index (κ2) is 8.25. The summed E-state index contributed by atoms with van der Waals surface area (Å²) in [5.41, 5.74) is -3.58. The summed E-state index contributed by atoms with van der Waals surface area (Å²) in [6, 6.07) is 9.63. The van der Waals surface area contributed by atoms with Crippen molar-refractivity contribution in [3.63, 3.8) is 0 Å². The van der Waals surface area contributed by atoms with Crippen LogP contribution in [0.1, 0.15) is 0 Å². The van der Waals surface area contributed by atoms with Crippen LogP contribution in [0.3, 0.4) is 0 Å². The lowest BCUT2D eigenvalue weighted by Crippen LogP contribution is -2.08. The van der Waals surface area contributed by atoms with Crippen LogP contribution in [0.2, 0.25) is 0 Å². The van der Waals surface area contributed by atoms with Crippen molar-refractivity contribution in [2.75, 3.05) is 0 Å². The van der Waals surface area contributed by atoms with E-state index >= 15 is 13.2 Å². The molecular formula is C26H8F10. The van der Waals surface area contributed by atoms with Crippen molar-refractivity contribution < 1.29 is 43.9 Å². The van der Waals surface area contributed by atoms with Crippen molar-refractivity contribution in [1.82, 2.24) is 0 Å². The molecule has 36 heavy (non-hydrogen) atoms. The third-order valence-corrected chi connectivity index (χ3v) is 5.82. The van der Waals surface area contributed by atoms with Crippen LogP contribution in [0.15, 0.2) is 48.5 Å². The SMILES string of the molecule is Fc1c(F)c(F)c(-c2c3cccc(F)c3c(-c3ccccc3)c3c(F)c(F)c(F)c(F)c23)c(F)c1F. The van der Waals surface area contributed by atoms with Crippen LogP contribution in [-0.2, 0) is 0 Å². The Kier molecular flexibility index (Phi) is 5.42. The molecule has 0 saturated carbocycles. The van der Waals surface area contributed by atoms with Crippen molar-refractivity contribution >= 4 is 21.5 Å². The highest BCUT2D eigenvalue weighted by Crippen LogP contribution is 2.48. The Morgan fingerprint density at radius 3 is 1.36 bits per heavy atom. The molecule has 0 aromatic heterocycles. The molecule has 0 aliphatic rings. The molecule has 0 spiro atoms. The maximum atomic E-state index is 15.3. The van der Waals surface area contributed by atoms with Crippen molar-refractivity contribution in [3.05, 3.63) is 107 Å². The van der Waals surface area contributed by atoms with Gasteiger partial charge in [0.05, 0.1) is 5.56 Å². The van der Waals surface area contributed by atoms with Crippen LogP contribution in [0, 0.1) is 58.2 Å². The first-order valence-corrected chi connectivity index (χ1v) is 10.0. The van der Waals surface area contributed by atoms with E-state index in [1.165, 1.54) is 30.3 Å². The summed E-state index contributed by atoms with van der Waals surface area (Å²) < 4.78 is 146. The van der Waals surface area contributed by atoms with Crippen molar-refractivity contribution in [2.45, 2.75) is 0 Å². The predicted molar refractivity (Wildman–Crippen MR) is 112 cm³/mol. The monoisotopic (exact) mass is 510 g/mol. The zero-order valence-electron chi connectivity index (χ0n) is 17.4. The third kappa shape index (κ3) is 3.09. The molecule has 0 bridgehead atoms. The number of hydrogen-bond acceptors (Lipinski definition) is 0. The van der Waals surface area contributed by atoms with E-state index in [0.717, 1.165) is 18.2 Å². The van der Waals surface area contributed by atoms with Gasteiger partial charge in [-0.2, -0.15) is 0 Å². The van der Waals surface area contributed by atoms with E-state index in [2.05, 4.69) is 0 Å². The largest absolute Gasteiger partial charge is 0.206 e. The second-order valence-electron chi connectivity index (χ2n) is 7.73. The minimum absolute atomic E-state index is 0.0362. The first kappa shape index (κ1) is 23.7. The summed E-state index contributed by atoms with van der Waals surface area (Å²) in [5, 5.41) is -3.80. The summed E-state index contributed by atoms with van der Waals surface area (Å²) in [7, 11) is 0.